The van der Waals surface area contributed by atoms with E-state index in [1.165, 1.54) is 11.1 Å². The minimum Gasteiger partial charge on any atom is -0.445 e. The Morgan fingerprint density at radius 1 is 1.35 bits per heavy atom. The van der Waals surface area contributed by atoms with Gasteiger partial charge >= 0.3 is 6.09 Å². The third-order valence-corrected chi connectivity index (χ3v) is 3.03. The van der Waals surface area contributed by atoms with E-state index in [0.717, 1.165) is 19.5 Å². The predicted octanol–water partition coefficient (Wildman–Crippen LogP) is 3.67. The topological polar surface area (TPSA) is 50.4 Å². The van der Waals surface area contributed by atoms with Gasteiger partial charge in [-0.2, -0.15) is 0 Å². The second kappa shape index (κ2) is 7.57. The van der Waals surface area contributed by atoms with E-state index in [2.05, 4.69) is 10.6 Å². The minimum atomic E-state index is -1.60. The van der Waals surface area contributed by atoms with Gasteiger partial charge in [0.1, 0.15) is 6.61 Å². The summed E-state index contributed by atoms with van der Waals surface area (Å²) in [4.78, 5) is 11.5. The molecule has 0 unspecified atom stereocenters. The number of ether oxygens (including phenoxy) is 1. The van der Waals surface area contributed by atoms with Crippen LogP contribution in [0.4, 0.5) is 10.5 Å². The van der Waals surface area contributed by atoms with Crippen molar-refractivity contribution in [1.29, 1.82) is 0 Å². The van der Waals surface area contributed by atoms with Gasteiger partial charge in [-0.1, -0.05) is 40.9 Å². The average Bonchev–Trinajstić information content (AvgIpc) is 2.35. The quantitative estimate of drug-likeness (QED) is 0.792. The van der Waals surface area contributed by atoms with Gasteiger partial charge < -0.3 is 10.1 Å². The van der Waals surface area contributed by atoms with E-state index in [1.54, 1.807) is 0 Å². The number of alkyl halides is 3. The summed E-state index contributed by atoms with van der Waals surface area (Å²) in [6.45, 7) is 1.50. The van der Waals surface area contributed by atoms with E-state index in [1.807, 2.05) is 18.2 Å². The molecule has 1 aromatic carbocycles. The van der Waals surface area contributed by atoms with E-state index in [0.29, 0.717) is 5.69 Å². The SMILES string of the molecule is Cl.O=C(Nc1ccc2c(c1)CCNC2)OCC(Cl)(Cl)Cl. The molecule has 2 rings (SSSR count). The van der Waals surface area contributed by atoms with E-state index in [-0.39, 0.29) is 19.0 Å². The number of hydrogen-bond acceptors (Lipinski definition) is 3. The molecular formula is C12H14Cl4N2O2. The van der Waals surface area contributed by atoms with E-state index in [4.69, 9.17) is 39.5 Å². The molecule has 0 spiro atoms. The lowest BCUT2D eigenvalue weighted by Gasteiger charge is -2.18. The molecule has 0 saturated heterocycles. The molecular weight excluding hydrogens is 346 g/mol. The zero-order valence-electron chi connectivity index (χ0n) is 10.4. The Bertz CT molecular complexity index is 477. The average molecular weight is 360 g/mol. The summed E-state index contributed by atoms with van der Waals surface area (Å²) in [6, 6.07) is 5.74. The van der Waals surface area contributed by atoms with Crippen LogP contribution in [0.3, 0.4) is 0 Å². The standard InChI is InChI=1S/C12H13Cl3N2O2.ClH/c13-12(14,15)7-19-11(18)17-10-2-1-9-6-16-4-3-8(9)5-10;/h1-2,5,16H,3-4,6-7H2,(H,17,18);1H. The first-order valence-electron chi connectivity index (χ1n) is 5.77. The van der Waals surface area contributed by atoms with Gasteiger partial charge in [0.15, 0.2) is 0 Å². The number of fused-ring (bicyclic) bond motifs is 1. The van der Waals surface area contributed by atoms with Crippen molar-refractivity contribution in [3.05, 3.63) is 29.3 Å². The number of amides is 1. The van der Waals surface area contributed by atoms with Crippen LogP contribution in [-0.4, -0.2) is 23.0 Å². The summed E-state index contributed by atoms with van der Waals surface area (Å²) >= 11 is 16.5. The third-order valence-electron chi connectivity index (χ3n) is 2.71. The van der Waals surface area contributed by atoms with Crippen LogP contribution in [0, 0.1) is 0 Å². The van der Waals surface area contributed by atoms with Crippen molar-refractivity contribution in [2.75, 3.05) is 18.5 Å². The molecule has 1 aliphatic rings. The molecule has 0 fully saturated rings. The maximum absolute atomic E-state index is 11.5. The lowest BCUT2D eigenvalue weighted by molar-refractivity contribution is 0.164. The first-order chi connectivity index (χ1) is 8.94. The molecule has 8 heteroatoms. The number of hydrogen-bond donors (Lipinski definition) is 2. The second-order valence-corrected chi connectivity index (χ2v) is 6.74. The lowest BCUT2D eigenvalue weighted by Crippen LogP contribution is -2.24. The molecule has 1 heterocycles. The highest BCUT2D eigenvalue weighted by Crippen LogP contribution is 2.26. The molecule has 1 amide bonds. The number of rotatable bonds is 2. The van der Waals surface area contributed by atoms with Gasteiger partial charge in [-0.05, 0) is 36.2 Å². The zero-order valence-corrected chi connectivity index (χ0v) is 13.5. The van der Waals surface area contributed by atoms with Crippen molar-refractivity contribution in [1.82, 2.24) is 5.32 Å². The number of carbonyl (C=O) groups is 1. The van der Waals surface area contributed by atoms with Crippen LogP contribution < -0.4 is 10.6 Å². The lowest BCUT2D eigenvalue weighted by atomic mass is 10.0. The monoisotopic (exact) mass is 358 g/mol. The maximum Gasteiger partial charge on any atom is 0.411 e. The molecule has 112 valence electrons. The van der Waals surface area contributed by atoms with Gasteiger partial charge in [-0.3, -0.25) is 5.32 Å². The van der Waals surface area contributed by atoms with Gasteiger partial charge in [-0.25, -0.2) is 4.79 Å². The fourth-order valence-corrected chi connectivity index (χ4v) is 2.02. The first kappa shape index (κ1) is 17.7. The van der Waals surface area contributed by atoms with Crippen molar-refractivity contribution in [3.8, 4) is 0 Å². The van der Waals surface area contributed by atoms with Crippen LogP contribution in [-0.2, 0) is 17.7 Å². The summed E-state index contributed by atoms with van der Waals surface area (Å²) in [6.07, 6.45) is 0.300. The van der Waals surface area contributed by atoms with Crippen LogP contribution in [0.1, 0.15) is 11.1 Å². The summed E-state index contributed by atoms with van der Waals surface area (Å²) in [5.74, 6) is 0. The number of nitrogens with one attached hydrogen (secondary N) is 2. The van der Waals surface area contributed by atoms with Crippen molar-refractivity contribution < 1.29 is 9.53 Å². The van der Waals surface area contributed by atoms with Crippen molar-refractivity contribution >= 4 is 59.0 Å². The van der Waals surface area contributed by atoms with Crippen LogP contribution in [0.15, 0.2) is 18.2 Å². The fourth-order valence-electron chi connectivity index (χ4n) is 1.86. The molecule has 0 bridgehead atoms. The Morgan fingerprint density at radius 3 is 2.80 bits per heavy atom. The Labute approximate surface area is 138 Å². The van der Waals surface area contributed by atoms with E-state index in [9.17, 15) is 4.79 Å². The zero-order chi connectivity index (χ0) is 13.9. The molecule has 0 atom stereocenters. The number of halogens is 4. The molecule has 1 aromatic rings. The highest BCUT2D eigenvalue weighted by Gasteiger charge is 2.22. The summed E-state index contributed by atoms with van der Waals surface area (Å²) in [7, 11) is 0. The van der Waals surface area contributed by atoms with Gasteiger partial charge in [0.05, 0.1) is 0 Å². The summed E-state index contributed by atoms with van der Waals surface area (Å²) in [5, 5.41) is 5.89. The van der Waals surface area contributed by atoms with Gasteiger partial charge in [0, 0.05) is 12.2 Å². The summed E-state index contributed by atoms with van der Waals surface area (Å²) < 4.78 is 3.20. The van der Waals surface area contributed by atoms with E-state index < -0.39 is 9.89 Å². The number of anilines is 1. The fraction of sp³-hybridized carbons (Fsp3) is 0.417. The largest absolute Gasteiger partial charge is 0.445 e. The maximum atomic E-state index is 11.5. The highest BCUT2D eigenvalue weighted by molar-refractivity contribution is 6.67. The Kier molecular flexibility index (Phi) is 6.69. The summed E-state index contributed by atoms with van der Waals surface area (Å²) in [5.41, 5.74) is 3.14. The molecule has 1 aliphatic heterocycles. The first-order valence-corrected chi connectivity index (χ1v) is 6.90. The normalized spacial score (nSPS) is 13.9. The van der Waals surface area contributed by atoms with Crippen molar-refractivity contribution in [2.45, 2.75) is 16.8 Å². The molecule has 20 heavy (non-hydrogen) atoms. The van der Waals surface area contributed by atoms with Gasteiger partial charge in [-0.15, -0.1) is 12.4 Å². The Morgan fingerprint density at radius 2 is 2.10 bits per heavy atom. The van der Waals surface area contributed by atoms with Crippen LogP contribution >= 0.6 is 47.2 Å². The van der Waals surface area contributed by atoms with Crippen LogP contribution in [0.25, 0.3) is 0 Å². The number of carbonyl (C=O) groups excluding carboxylic acids is 1. The third kappa shape index (κ3) is 5.54. The molecule has 0 radical (unpaired) electrons. The molecule has 0 aromatic heterocycles. The highest BCUT2D eigenvalue weighted by atomic mass is 35.6. The van der Waals surface area contributed by atoms with Crippen molar-refractivity contribution in [2.24, 2.45) is 0 Å². The Balaban J connectivity index is 0.00000200. The second-order valence-electron chi connectivity index (χ2n) is 4.23. The molecule has 0 saturated carbocycles. The van der Waals surface area contributed by atoms with E-state index >= 15 is 0 Å². The van der Waals surface area contributed by atoms with Crippen molar-refractivity contribution in [3.63, 3.8) is 0 Å². The van der Waals surface area contributed by atoms with Crippen LogP contribution in [0.5, 0.6) is 0 Å². The molecule has 0 aliphatic carbocycles. The van der Waals surface area contributed by atoms with Gasteiger partial charge in [0.2, 0.25) is 3.79 Å². The molecule has 4 nitrogen and oxygen atoms in total. The number of benzene rings is 1. The molecule has 2 N–H and O–H groups in total. The predicted molar refractivity (Wildman–Crippen MR) is 84.4 cm³/mol. The van der Waals surface area contributed by atoms with Gasteiger partial charge in [0.25, 0.3) is 0 Å². The Hall–Kier alpha value is -0.390. The smallest absolute Gasteiger partial charge is 0.411 e. The minimum absolute atomic E-state index is 0. The van der Waals surface area contributed by atoms with Crippen LogP contribution in [0.2, 0.25) is 0 Å².